The Labute approximate surface area is 97.3 Å². The normalized spacial score (nSPS) is 12.9. The third-order valence-electron chi connectivity index (χ3n) is 2.21. The van der Waals surface area contributed by atoms with Gasteiger partial charge in [0.15, 0.2) is 6.29 Å². The molecule has 0 aliphatic heterocycles. The lowest BCUT2D eigenvalue weighted by Gasteiger charge is -2.04. The molecular weight excluding hydrogens is 224 g/mol. The van der Waals surface area contributed by atoms with Crippen molar-refractivity contribution in [3.05, 3.63) is 30.1 Å². The molecule has 2 aromatic heterocycles. The van der Waals surface area contributed by atoms with Crippen molar-refractivity contribution in [3.63, 3.8) is 0 Å². The number of imidazole rings is 1. The average molecular weight is 236 g/mol. The van der Waals surface area contributed by atoms with E-state index < -0.39 is 0 Å². The number of carbonyl (C=O) groups excluding carboxylic acids is 1. The van der Waals surface area contributed by atoms with Crippen molar-refractivity contribution in [1.29, 1.82) is 0 Å². The molecule has 0 radical (unpaired) electrons. The summed E-state index contributed by atoms with van der Waals surface area (Å²) < 4.78 is 1.75. The molecule has 0 aliphatic carbocycles. The lowest BCUT2D eigenvalue weighted by atomic mass is 10.4. The number of aldehydes is 1. The van der Waals surface area contributed by atoms with Crippen molar-refractivity contribution in [2.24, 2.45) is 0 Å². The van der Waals surface area contributed by atoms with Crippen LogP contribution in [0.1, 0.15) is 17.4 Å². The topological polar surface area (TPSA) is 54.6 Å². The fraction of sp³-hybridized carbons (Fsp3) is 0.273. The first-order chi connectivity index (χ1) is 7.76. The highest BCUT2D eigenvalue weighted by molar-refractivity contribution is 7.99. The summed E-state index contributed by atoms with van der Waals surface area (Å²) in [6.45, 7) is 1.96. The highest BCUT2D eigenvalue weighted by atomic mass is 32.2. The van der Waals surface area contributed by atoms with Crippen LogP contribution in [-0.2, 0) is 0 Å². The molecule has 1 unspecified atom stereocenters. The van der Waals surface area contributed by atoms with E-state index in [9.17, 15) is 4.79 Å². The van der Waals surface area contributed by atoms with Gasteiger partial charge in [-0.1, -0.05) is 24.8 Å². The molecule has 0 aromatic carbocycles. The van der Waals surface area contributed by atoms with Gasteiger partial charge in [0.05, 0.1) is 6.61 Å². The van der Waals surface area contributed by atoms with E-state index in [0.29, 0.717) is 10.7 Å². The maximum Gasteiger partial charge on any atom is 0.169 e. The Kier molecular flexibility index (Phi) is 3.26. The highest BCUT2D eigenvalue weighted by Crippen LogP contribution is 2.25. The minimum atomic E-state index is 0.0311. The minimum Gasteiger partial charge on any atom is -0.395 e. The van der Waals surface area contributed by atoms with Crippen molar-refractivity contribution in [2.45, 2.75) is 17.2 Å². The number of aliphatic hydroxyl groups excluding tert-OH is 1. The van der Waals surface area contributed by atoms with Crippen molar-refractivity contribution in [2.75, 3.05) is 6.61 Å². The molecule has 0 fully saturated rings. The Bertz CT molecular complexity index is 510. The van der Waals surface area contributed by atoms with Crippen LogP contribution in [0.15, 0.2) is 29.4 Å². The zero-order valence-corrected chi connectivity index (χ0v) is 9.65. The summed E-state index contributed by atoms with van der Waals surface area (Å²) in [6.07, 6.45) is 2.60. The number of pyridine rings is 1. The summed E-state index contributed by atoms with van der Waals surface area (Å²) in [5.41, 5.74) is 1.29. The van der Waals surface area contributed by atoms with Gasteiger partial charge in [-0.05, 0) is 12.1 Å². The fourth-order valence-corrected chi connectivity index (χ4v) is 2.28. The largest absolute Gasteiger partial charge is 0.395 e. The van der Waals surface area contributed by atoms with E-state index in [1.807, 2.05) is 25.1 Å². The van der Waals surface area contributed by atoms with Crippen LogP contribution in [0, 0.1) is 0 Å². The SMILES string of the molecule is CC(CO)Sc1nc2ccccn2c1C=O. The van der Waals surface area contributed by atoms with Gasteiger partial charge in [0.2, 0.25) is 0 Å². The van der Waals surface area contributed by atoms with Crippen LogP contribution in [0.5, 0.6) is 0 Å². The molecule has 16 heavy (non-hydrogen) atoms. The zero-order valence-electron chi connectivity index (χ0n) is 8.83. The van der Waals surface area contributed by atoms with E-state index in [0.717, 1.165) is 11.9 Å². The first-order valence-corrected chi connectivity index (χ1v) is 5.84. The van der Waals surface area contributed by atoms with Crippen LogP contribution in [0.4, 0.5) is 0 Å². The zero-order chi connectivity index (χ0) is 11.5. The number of hydrogen-bond donors (Lipinski definition) is 1. The molecule has 0 bridgehead atoms. The Balaban J connectivity index is 2.48. The Hall–Kier alpha value is -1.33. The standard InChI is InChI=1S/C11H12N2O2S/c1-8(6-14)16-11-9(7-15)13-5-3-2-4-10(13)12-11/h2-5,7-8,14H,6H2,1H3. The lowest BCUT2D eigenvalue weighted by molar-refractivity contribution is 0.111. The fourth-order valence-electron chi connectivity index (χ4n) is 1.41. The average Bonchev–Trinajstić information content (AvgIpc) is 2.65. The molecule has 1 atom stereocenters. The van der Waals surface area contributed by atoms with Gasteiger partial charge in [0.1, 0.15) is 16.4 Å². The molecule has 0 saturated heterocycles. The first-order valence-electron chi connectivity index (χ1n) is 4.96. The van der Waals surface area contributed by atoms with E-state index in [1.54, 1.807) is 10.6 Å². The maximum atomic E-state index is 11.0. The number of rotatable bonds is 4. The van der Waals surface area contributed by atoms with Crippen LogP contribution in [0.25, 0.3) is 5.65 Å². The molecule has 1 N–H and O–H groups in total. The monoisotopic (exact) mass is 236 g/mol. The predicted octanol–water partition coefficient (Wildman–Crippen LogP) is 1.62. The van der Waals surface area contributed by atoms with E-state index in [2.05, 4.69) is 4.98 Å². The van der Waals surface area contributed by atoms with E-state index in [4.69, 9.17) is 5.11 Å². The molecule has 2 heterocycles. The number of carbonyl (C=O) groups is 1. The van der Waals surface area contributed by atoms with Gasteiger partial charge in [0.25, 0.3) is 0 Å². The van der Waals surface area contributed by atoms with Crippen molar-refractivity contribution in [3.8, 4) is 0 Å². The molecule has 0 aliphatic rings. The summed E-state index contributed by atoms with van der Waals surface area (Å²) in [6, 6.07) is 5.58. The highest BCUT2D eigenvalue weighted by Gasteiger charge is 2.14. The molecule has 5 heteroatoms. The number of nitrogens with zero attached hydrogens (tertiary/aromatic N) is 2. The smallest absolute Gasteiger partial charge is 0.169 e. The lowest BCUT2D eigenvalue weighted by Crippen LogP contribution is -2.02. The summed E-state index contributed by atoms with van der Waals surface area (Å²) >= 11 is 1.41. The van der Waals surface area contributed by atoms with Crippen molar-refractivity contribution >= 4 is 23.7 Å². The molecule has 84 valence electrons. The summed E-state index contributed by atoms with van der Waals surface area (Å²) in [5, 5.41) is 9.69. The van der Waals surface area contributed by atoms with E-state index >= 15 is 0 Å². The quantitative estimate of drug-likeness (QED) is 0.647. The second-order valence-electron chi connectivity index (χ2n) is 3.46. The maximum absolute atomic E-state index is 11.0. The third kappa shape index (κ3) is 1.96. The predicted molar refractivity (Wildman–Crippen MR) is 63.0 cm³/mol. The molecular formula is C11H12N2O2S. The summed E-state index contributed by atoms with van der Waals surface area (Å²) in [5.74, 6) is 0. The minimum absolute atomic E-state index is 0.0311. The number of fused-ring (bicyclic) bond motifs is 1. The van der Waals surface area contributed by atoms with E-state index in [-0.39, 0.29) is 11.9 Å². The van der Waals surface area contributed by atoms with Gasteiger partial charge < -0.3 is 5.11 Å². The van der Waals surface area contributed by atoms with Gasteiger partial charge in [-0.25, -0.2) is 4.98 Å². The number of hydrogen-bond acceptors (Lipinski definition) is 4. The van der Waals surface area contributed by atoms with E-state index in [1.165, 1.54) is 11.8 Å². The van der Waals surface area contributed by atoms with Crippen LogP contribution in [-0.4, -0.2) is 32.6 Å². The van der Waals surface area contributed by atoms with Gasteiger partial charge in [-0.15, -0.1) is 0 Å². The van der Waals surface area contributed by atoms with Crippen molar-refractivity contribution < 1.29 is 9.90 Å². The van der Waals surface area contributed by atoms with Crippen LogP contribution in [0.3, 0.4) is 0 Å². The number of thioether (sulfide) groups is 1. The van der Waals surface area contributed by atoms with Gasteiger partial charge >= 0.3 is 0 Å². The van der Waals surface area contributed by atoms with Crippen LogP contribution in [0.2, 0.25) is 0 Å². The molecule has 0 amide bonds. The van der Waals surface area contributed by atoms with Crippen LogP contribution >= 0.6 is 11.8 Å². The summed E-state index contributed by atoms with van der Waals surface area (Å²) in [7, 11) is 0. The van der Waals surface area contributed by atoms with Crippen LogP contribution < -0.4 is 0 Å². The van der Waals surface area contributed by atoms with Gasteiger partial charge in [0, 0.05) is 11.4 Å². The molecule has 4 nitrogen and oxygen atoms in total. The molecule has 0 saturated carbocycles. The third-order valence-corrected chi connectivity index (χ3v) is 3.29. The first kappa shape index (κ1) is 11.2. The summed E-state index contributed by atoms with van der Waals surface area (Å²) in [4.78, 5) is 15.4. The molecule has 2 aromatic rings. The number of aliphatic hydroxyl groups is 1. The Morgan fingerprint density at radius 2 is 2.44 bits per heavy atom. The number of aromatic nitrogens is 2. The second kappa shape index (κ2) is 4.67. The molecule has 0 spiro atoms. The van der Waals surface area contributed by atoms with Gasteiger partial charge in [-0.2, -0.15) is 0 Å². The Morgan fingerprint density at radius 1 is 1.62 bits per heavy atom. The molecule has 2 rings (SSSR count). The Morgan fingerprint density at radius 3 is 3.12 bits per heavy atom. The second-order valence-corrected chi connectivity index (χ2v) is 4.89. The van der Waals surface area contributed by atoms with Crippen molar-refractivity contribution in [1.82, 2.24) is 9.38 Å². The van der Waals surface area contributed by atoms with Gasteiger partial charge in [-0.3, -0.25) is 9.20 Å².